The molecule has 1 atom stereocenters. The van der Waals surface area contributed by atoms with Crippen LogP contribution in [0.25, 0.3) is 0 Å². The number of esters is 1. The van der Waals surface area contributed by atoms with Crippen molar-refractivity contribution in [2.75, 3.05) is 20.2 Å². The van der Waals surface area contributed by atoms with Crippen LogP contribution in [0.4, 0.5) is 0 Å². The lowest BCUT2D eigenvalue weighted by Gasteiger charge is -2.22. The Kier molecular flexibility index (Phi) is 6.96. The van der Waals surface area contributed by atoms with Crippen molar-refractivity contribution in [1.29, 1.82) is 0 Å². The van der Waals surface area contributed by atoms with Crippen LogP contribution in [-0.2, 0) is 14.3 Å². The highest BCUT2D eigenvalue weighted by molar-refractivity contribution is 5.96. The molecule has 0 heterocycles. The monoisotopic (exact) mass is 215 g/mol. The van der Waals surface area contributed by atoms with Gasteiger partial charge in [-0.15, -0.1) is 0 Å². The molecular weight excluding hydrogens is 194 g/mol. The van der Waals surface area contributed by atoms with Gasteiger partial charge in [-0.2, -0.15) is 0 Å². The van der Waals surface area contributed by atoms with Gasteiger partial charge in [-0.3, -0.25) is 14.5 Å². The molecule has 0 N–H and O–H groups in total. The molecule has 0 aromatic carbocycles. The van der Waals surface area contributed by atoms with Gasteiger partial charge in [0.05, 0.1) is 13.2 Å². The lowest BCUT2D eigenvalue weighted by molar-refractivity contribution is -0.145. The third-order valence-electron chi connectivity index (χ3n) is 2.42. The van der Waals surface area contributed by atoms with Crippen molar-refractivity contribution < 1.29 is 14.3 Å². The molecule has 0 rings (SSSR count). The van der Waals surface area contributed by atoms with E-state index in [2.05, 4.69) is 13.8 Å². The Morgan fingerprint density at radius 2 is 1.93 bits per heavy atom. The minimum absolute atomic E-state index is 0.0868. The van der Waals surface area contributed by atoms with E-state index in [-0.39, 0.29) is 12.2 Å². The summed E-state index contributed by atoms with van der Waals surface area (Å²) in [6, 6.07) is 0.358. The third-order valence-corrected chi connectivity index (χ3v) is 2.42. The number of rotatable bonds is 7. The number of ketones is 1. The summed E-state index contributed by atoms with van der Waals surface area (Å²) in [5, 5.41) is 0. The number of nitrogens with zero attached hydrogens (tertiary/aromatic N) is 1. The van der Waals surface area contributed by atoms with Crippen LogP contribution >= 0.6 is 0 Å². The molecule has 0 amide bonds. The predicted molar refractivity (Wildman–Crippen MR) is 58.6 cm³/mol. The van der Waals surface area contributed by atoms with Gasteiger partial charge in [0, 0.05) is 6.04 Å². The molecular formula is C11H21NO3. The van der Waals surface area contributed by atoms with Crippen molar-refractivity contribution in [2.45, 2.75) is 39.7 Å². The van der Waals surface area contributed by atoms with E-state index < -0.39 is 5.97 Å². The summed E-state index contributed by atoms with van der Waals surface area (Å²) in [4.78, 5) is 24.4. The van der Waals surface area contributed by atoms with Crippen molar-refractivity contribution in [3.8, 4) is 0 Å². The van der Waals surface area contributed by atoms with Gasteiger partial charge < -0.3 is 4.74 Å². The van der Waals surface area contributed by atoms with Gasteiger partial charge in [0.15, 0.2) is 5.78 Å². The van der Waals surface area contributed by atoms with Crippen LogP contribution in [-0.4, -0.2) is 42.9 Å². The number of likely N-dealkylation sites (N-methyl/N-ethyl adjacent to an activating group) is 1. The smallest absolute Gasteiger partial charge is 0.313 e. The summed E-state index contributed by atoms with van der Waals surface area (Å²) in [5.41, 5.74) is 0. The highest BCUT2D eigenvalue weighted by atomic mass is 16.5. The number of Topliss-reactive ketones (excluding diaryl/α,β-unsaturated/α-hetero) is 1. The van der Waals surface area contributed by atoms with Crippen LogP contribution in [0.15, 0.2) is 0 Å². The second kappa shape index (κ2) is 7.40. The van der Waals surface area contributed by atoms with E-state index >= 15 is 0 Å². The Balaban J connectivity index is 3.87. The molecule has 15 heavy (non-hydrogen) atoms. The summed E-state index contributed by atoms with van der Waals surface area (Å²) in [6.07, 6.45) is 0.873. The van der Waals surface area contributed by atoms with E-state index in [1.165, 1.54) is 0 Å². The Morgan fingerprint density at radius 1 is 1.33 bits per heavy atom. The lowest BCUT2D eigenvalue weighted by atomic mass is 10.2. The average molecular weight is 215 g/mol. The van der Waals surface area contributed by atoms with Crippen molar-refractivity contribution >= 4 is 11.8 Å². The van der Waals surface area contributed by atoms with Crippen LogP contribution in [0, 0.1) is 0 Å². The summed E-state index contributed by atoms with van der Waals surface area (Å²) in [7, 11) is 1.89. The quantitative estimate of drug-likeness (QED) is 0.473. The first-order chi connectivity index (χ1) is 7.01. The molecule has 0 saturated heterocycles. The normalized spacial score (nSPS) is 12.6. The van der Waals surface area contributed by atoms with E-state index in [0.29, 0.717) is 19.2 Å². The van der Waals surface area contributed by atoms with Gasteiger partial charge >= 0.3 is 5.97 Å². The number of hydrogen-bond acceptors (Lipinski definition) is 4. The zero-order valence-electron chi connectivity index (χ0n) is 10.1. The number of ether oxygens (including phenoxy) is 1. The van der Waals surface area contributed by atoms with Gasteiger partial charge in [-0.25, -0.2) is 0 Å². The van der Waals surface area contributed by atoms with E-state index in [0.717, 1.165) is 6.42 Å². The molecule has 0 spiro atoms. The molecule has 0 saturated carbocycles. The molecule has 0 aliphatic heterocycles. The topological polar surface area (TPSA) is 46.6 Å². The minimum Gasteiger partial charge on any atom is -0.466 e. The van der Waals surface area contributed by atoms with Gasteiger partial charge in [0.25, 0.3) is 0 Å². The first-order valence-corrected chi connectivity index (χ1v) is 5.38. The van der Waals surface area contributed by atoms with Crippen molar-refractivity contribution in [2.24, 2.45) is 0 Å². The number of carbonyl (C=O) groups excluding carboxylic acids is 2. The van der Waals surface area contributed by atoms with Crippen LogP contribution in [0.5, 0.6) is 0 Å². The van der Waals surface area contributed by atoms with Gasteiger partial charge in [0.2, 0.25) is 0 Å². The van der Waals surface area contributed by atoms with Gasteiger partial charge in [-0.1, -0.05) is 6.92 Å². The zero-order chi connectivity index (χ0) is 11.8. The zero-order valence-corrected chi connectivity index (χ0v) is 10.1. The summed E-state index contributed by atoms with van der Waals surface area (Å²) >= 11 is 0. The van der Waals surface area contributed by atoms with E-state index in [9.17, 15) is 9.59 Å². The van der Waals surface area contributed by atoms with Crippen LogP contribution in [0.2, 0.25) is 0 Å². The van der Waals surface area contributed by atoms with E-state index in [1.807, 2.05) is 11.9 Å². The van der Waals surface area contributed by atoms with Gasteiger partial charge in [0.1, 0.15) is 6.42 Å². The van der Waals surface area contributed by atoms with Gasteiger partial charge in [-0.05, 0) is 27.3 Å². The highest BCUT2D eigenvalue weighted by Gasteiger charge is 2.14. The Hall–Kier alpha value is -0.900. The maximum Gasteiger partial charge on any atom is 0.313 e. The minimum atomic E-state index is -0.431. The molecule has 0 radical (unpaired) electrons. The van der Waals surface area contributed by atoms with Crippen molar-refractivity contribution in [3.05, 3.63) is 0 Å². The second-order valence-corrected chi connectivity index (χ2v) is 3.69. The second-order valence-electron chi connectivity index (χ2n) is 3.69. The first kappa shape index (κ1) is 14.1. The molecule has 4 nitrogen and oxygen atoms in total. The molecule has 1 unspecified atom stereocenters. The summed E-state index contributed by atoms with van der Waals surface area (Å²) in [6.45, 7) is 6.49. The Labute approximate surface area is 91.6 Å². The van der Waals surface area contributed by atoms with E-state index in [4.69, 9.17) is 4.74 Å². The molecule has 0 aliphatic rings. The Morgan fingerprint density at radius 3 is 2.40 bits per heavy atom. The lowest BCUT2D eigenvalue weighted by Crippen LogP contribution is -2.34. The molecule has 0 aliphatic carbocycles. The third kappa shape index (κ3) is 6.23. The number of hydrogen-bond donors (Lipinski definition) is 0. The largest absolute Gasteiger partial charge is 0.466 e. The van der Waals surface area contributed by atoms with Crippen LogP contribution in [0.1, 0.15) is 33.6 Å². The predicted octanol–water partition coefficient (Wildman–Crippen LogP) is 1.24. The molecule has 0 bridgehead atoms. The van der Waals surface area contributed by atoms with E-state index in [1.54, 1.807) is 6.92 Å². The first-order valence-electron chi connectivity index (χ1n) is 5.38. The van der Waals surface area contributed by atoms with Crippen LogP contribution < -0.4 is 0 Å². The Bertz CT molecular complexity index is 216. The number of carbonyl (C=O) groups is 2. The molecule has 0 aromatic rings. The highest BCUT2D eigenvalue weighted by Crippen LogP contribution is 2.01. The fraction of sp³-hybridized carbons (Fsp3) is 0.818. The maximum absolute atomic E-state index is 11.4. The summed E-state index contributed by atoms with van der Waals surface area (Å²) < 4.78 is 4.70. The maximum atomic E-state index is 11.4. The standard InChI is InChI=1S/C11H21NO3/c1-5-9(3)12(4)8-10(13)7-11(14)15-6-2/h9H,5-8H2,1-4H3. The summed E-state index contributed by atoms with van der Waals surface area (Å²) in [5.74, 6) is -0.517. The molecule has 0 fully saturated rings. The van der Waals surface area contributed by atoms with Crippen molar-refractivity contribution in [3.63, 3.8) is 0 Å². The van der Waals surface area contributed by atoms with Crippen molar-refractivity contribution in [1.82, 2.24) is 4.90 Å². The SMILES string of the molecule is CCOC(=O)CC(=O)CN(C)C(C)CC. The molecule has 0 aromatic heterocycles. The fourth-order valence-corrected chi connectivity index (χ4v) is 1.17. The van der Waals surface area contributed by atoms with Crippen LogP contribution in [0.3, 0.4) is 0 Å². The molecule has 4 heteroatoms. The molecule has 88 valence electrons. The fourth-order valence-electron chi connectivity index (χ4n) is 1.17. The average Bonchev–Trinajstić information content (AvgIpc) is 2.16.